The first-order valence-electron chi connectivity index (χ1n) is 10.9. The van der Waals surface area contributed by atoms with E-state index in [9.17, 15) is 17.6 Å². The summed E-state index contributed by atoms with van der Waals surface area (Å²) in [5.41, 5.74) is 2.47. The van der Waals surface area contributed by atoms with Crippen molar-refractivity contribution in [1.29, 1.82) is 0 Å². The van der Waals surface area contributed by atoms with Gasteiger partial charge in [0.2, 0.25) is 15.9 Å². The van der Waals surface area contributed by atoms with E-state index in [4.69, 9.17) is 0 Å². The second-order valence-corrected chi connectivity index (χ2v) is 10.2. The molecule has 0 saturated carbocycles. The molecule has 1 aliphatic heterocycles. The van der Waals surface area contributed by atoms with Gasteiger partial charge in [-0.15, -0.1) is 0 Å². The molecule has 174 valence electrons. The minimum absolute atomic E-state index is 0.0896. The maximum absolute atomic E-state index is 13.2. The highest BCUT2D eigenvalue weighted by molar-refractivity contribution is 7.89. The Bertz CT molecular complexity index is 1220. The molecule has 1 amide bonds. The van der Waals surface area contributed by atoms with E-state index >= 15 is 0 Å². The number of nitrogens with zero attached hydrogens (tertiary/aromatic N) is 3. The number of halogens is 1. The summed E-state index contributed by atoms with van der Waals surface area (Å²) in [6, 6.07) is 14.2. The molecule has 1 fully saturated rings. The summed E-state index contributed by atoms with van der Waals surface area (Å²) >= 11 is 0. The summed E-state index contributed by atoms with van der Waals surface area (Å²) in [7, 11) is -3.54. The van der Waals surface area contributed by atoms with E-state index in [2.05, 4.69) is 10.4 Å². The molecule has 3 aromatic rings. The van der Waals surface area contributed by atoms with Crippen LogP contribution in [-0.4, -0.2) is 41.5 Å². The number of rotatable bonds is 6. The van der Waals surface area contributed by atoms with Crippen LogP contribution in [0.4, 0.5) is 4.39 Å². The Labute approximate surface area is 193 Å². The van der Waals surface area contributed by atoms with Gasteiger partial charge in [0.05, 0.1) is 22.8 Å². The van der Waals surface area contributed by atoms with E-state index in [1.807, 2.05) is 13.8 Å². The summed E-state index contributed by atoms with van der Waals surface area (Å²) in [6.45, 7) is 4.42. The van der Waals surface area contributed by atoms with Crippen molar-refractivity contribution in [2.24, 2.45) is 5.92 Å². The second kappa shape index (κ2) is 9.44. The van der Waals surface area contributed by atoms with Gasteiger partial charge in [0.15, 0.2) is 0 Å². The number of hydrogen-bond donors (Lipinski definition) is 1. The fraction of sp³-hybridized carbons (Fsp3) is 0.333. The molecule has 2 heterocycles. The molecule has 33 heavy (non-hydrogen) atoms. The van der Waals surface area contributed by atoms with Crippen molar-refractivity contribution in [1.82, 2.24) is 19.4 Å². The van der Waals surface area contributed by atoms with Gasteiger partial charge in [-0.1, -0.05) is 18.2 Å². The van der Waals surface area contributed by atoms with Gasteiger partial charge in [0.1, 0.15) is 5.82 Å². The molecule has 0 spiro atoms. The van der Waals surface area contributed by atoms with Gasteiger partial charge in [-0.2, -0.15) is 9.40 Å². The molecule has 1 atom stereocenters. The van der Waals surface area contributed by atoms with Crippen LogP contribution in [0.5, 0.6) is 0 Å². The maximum Gasteiger partial charge on any atom is 0.243 e. The summed E-state index contributed by atoms with van der Waals surface area (Å²) < 4.78 is 42.0. The molecule has 1 unspecified atom stereocenters. The molecule has 0 radical (unpaired) electrons. The Morgan fingerprint density at radius 1 is 1.09 bits per heavy atom. The molecule has 0 bridgehead atoms. The first-order valence-corrected chi connectivity index (χ1v) is 12.4. The van der Waals surface area contributed by atoms with E-state index < -0.39 is 10.0 Å². The third-order valence-electron chi connectivity index (χ3n) is 6.15. The van der Waals surface area contributed by atoms with Crippen LogP contribution < -0.4 is 5.32 Å². The number of carbonyl (C=O) groups excluding carboxylic acids is 1. The van der Waals surface area contributed by atoms with E-state index in [1.54, 1.807) is 53.3 Å². The molecular weight excluding hydrogens is 443 g/mol. The van der Waals surface area contributed by atoms with Crippen LogP contribution in [0.1, 0.15) is 37.1 Å². The number of aromatic nitrogens is 2. The highest BCUT2D eigenvalue weighted by Gasteiger charge is 2.32. The molecule has 0 aliphatic carbocycles. The van der Waals surface area contributed by atoms with E-state index in [-0.39, 0.29) is 28.6 Å². The topological polar surface area (TPSA) is 84.3 Å². The lowest BCUT2D eigenvalue weighted by Gasteiger charge is -2.31. The van der Waals surface area contributed by atoms with E-state index in [0.717, 1.165) is 16.9 Å². The predicted molar refractivity (Wildman–Crippen MR) is 123 cm³/mol. The van der Waals surface area contributed by atoms with Crippen molar-refractivity contribution >= 4 is 15.9 Å². The maximum atomic E-state index is 13.2. The van der Waals surface area contributed by atoms with Gasteiger partial charge in [-0.3, -0.25) is 4.79 Å². The van der Waals surface area contributed by atoms with Crippen LogP contribution in [0.2, 0.25) is 0 Å². The number of hydrogen-bond acceptors (Lipinski definition) is 4. The third kappa shape index (κ3) is 4.84. The van der Waals surface area contributed by atoms with Crippen molar-refractivity contribution < 1.29 is 17.6 Å². The average molecular weight is 471 g/mol. The Kier molecular flexibility index (Phi) is 6.62. The molecule has 4 rings (SSSR count). The largest absolute Gasteiger partial charge is 0.349 e. The molecule has 1 N–H and O–H groups in total. The van der Waals surface area contributed by atoms with Gasteiger partial charge in [-0.25, -0.2) is 17.5 Å². The fourth-order valence-corrected chi connectivity index (χ4v) is 5.69. The number of amides is 1. The summed E-state index contributed by atoms with van der Waals surface area (Å²) in [4.78, 5) is 13.2. The van der Waals surface area contributed by atoms with Crippen LogP contribution in [-0.2, 0) is 14.8 Å². The van der Waals surface area contributed by atoms with Gasteiger partial charge in [-0.05, 0) is 63.1 Å². The fourth-order valence-electron chi connectivity index (χ4n) is 4.20. The van der Waals surface area contributed by atoms with Crippen molar-refractivity contribution in [2.45, 2.75) is 37.6 Å². The quantitative estimate of drug-likeness (QED) is 0.597. The summed E-state index contributed by atoms with van der Waals surface area (Å²) in [5.74, 6) is -0.651. The Balaban J connectivity index is 1.37. The first kappa shape index (κ1) is 23.1. The zero-order valence-corrected chi connectivity index (χ0v) is 19.4. The van der Waals surface area contributed by atoms with Gasteiger partial charge in [0, 0.05) is 30.3 Å². The Hall–Kier alpha value is -3.04. The monoisotopic (exact) mass is 470 g/mol. The van der Waals surface area contributed by atoms with Crippen LogP contribution >= 0.6 is 0 Å². The van der Waals surface area contributed by atoms with E-state index in [0.29, 0.717) is 25.9 Å². The van der Waals surface area contributed by atoms with Gasteiger partial charge < -0.3 is 5.32 Å². The van der Waals surface area contributed by atoms with Crippen molar-refractivity contribution in [2.75, 3.05) is 13.1 Å². The first-order chi connectivity index (χ1) is 15.8. The number of sulfonamides is 1. The zero-order chi connectivity index (χ0) is 23.6. The lowest BCUT2D eigenvalue weighted by Crippen LogP contribution is -2.43. The van der Waals surface area contributed by atoms with Gasteiger partial charge >= 0.3 is 0 Å². The number of piperidine rings is 1. The van der Waals surface area contributed by atoms with Crippen LogP contribution in [0, 0.1) is 18.7 Å². The standard InChI is InChI=1S/C24H27FN4O3S/c1-17(23-16-26-29(18(23)2)21-10-8-20(25)9-11-21)27-24(30)19-12-14-28(15-13-19)33(31,32)22-6-4-3-5-7-22/h3-11,16-17,19H,12-15H2,1-2H3,(H,27,30). The lowest BCUT2D eigenvalue weighted by atomic mass is 9.96. The molecule has 1 aromatic heterocycles. The van der Waals surface area contributed by atoms with Crippen molar-refractivity contribution in [3.63, 3.8) is 0 Å². The molecule has 1 saturated heterocycles. The van der Waals surface area contributed by atoms with Crippen LogP contribution in [0.15, 0.2) is 65.7 Å². The normalized spacial score (nSPS) is 16.5. The van der Waals surface area contributed by atoms with Crippen LogP contribution in [0.3, 0.4) is 0 Å². The van der Waals surface area contributed by atoms with Crippen molar-refractivity contribution in [3.05, 3.63) is 77.9 Å². The molecule has 7 nitrogen and oxygen atoms in total. The zero-order valence-electron chi connectivity index (χ0n) is 18.6. The van der Waals surface area contributed by atoms with Crippen molar-refractivity contribution in [3.8, 4) is 5.69 Å². The van der Waals surface area contributed by atoms with Gasteiger partial charge in [0.25, 0.3) is 0 Å². The minimum atomic E-state index is -3.54. The average Bonchev–Trinajstić information content (AvgIpc) is 3.21. The highest BCUT2D eigenvalue weighted by Crippen LogP contribution is 2.26. The molecular formula is C24H27FN4O3S. The molecule has 2 aromatic carbocycles. The summed E-state index contributed by atoms with van der Waals surface area (Å²) in [6.07, 6.45) is 2.65. The summed E-state index contributed by atoms with van der Waals surface area (Å²) in [5, 5.41) is 7.44. The lowest BCUT2D eigenvalue weighted by molar-refractivity contribution is -0.126. The SMILES string of the molecule is Cc1c(C(C)NC(=O)C2CCN(S(=O)(=O)c3ccccc3)CC2)cnn1-c1ccc(F)cc1. The Morgan fingerprint density at radius 2 is 1.73 bits per heavy atom. The minimum Gasteiger partial charge on any atom is -0.349 e. The molecule has 9 heteroatoms. The smallest absolute Gasteiger partial charge is 0.243 e. The molecule has 1 aliphatic rings. The predicted octanol–water partition coefficient (Wildman–Crippen LogP) is 3.60. The number of carbonyl (C=O) groups is 1. The second-order valence-electron chi connectivity index (χ2n) is 8.30. The highest BCUT2D eigenvalue weighted by atomic mass is 32.2. The number of nitrogens with one attached hydrogen (secondary N) is 1. The third-order valence-corrected chi connectivity index (χ3v) is 8.06. The van der Waals surface area contributed by atoms with Crippen LogP contribution in [0.25, 0.3) is 5.69 Å². The Morgan fingerprint density at radius 3 is 2.36 bits per heavy atom. The van der Waals surface area contributed by atoms with E-state index in [1.165, 1.54) is 16.4 Å². The number of benzene rings is 2.